The SMILES string of the molecule is CC(=O)N1N=C2CCCC3CCC2(O3)[Se]1. The second-order valence-corrected chi connectivity index (χ2v) is 6.85. The van der Waals surface area contributed by atoms with Crippen molar-refractivity contribution < 1.29 is 9.53 Å². The van der Waals surface area contributed by atoms with Gasteiger partial charge in [0.25, 0.3) is 0 Å². The molecule has 0 radical (unpaired) electrons. The van der Waals surface area contributed by atoms with Gasteiger partial charge in [-0.3, -0.25) is 0 Å². The van der Waals surface area contributed by atoms with E-state index in [9.17, 15) is 4.79 Å². The van der Waals surface area contributed by atoms with Gasteiger partial charge < -0.3 is 0 Å². The second-order valence-electron chi connectivity index (χ2n) is 4.35. The van der Waals surface area contributed by atoms with Crippen LogP contribution in [0.4, 0.5) is 0 Å². The average Bonchev–Trinajstić information content (AvgIpc) is 2.69. The number of hydrogen-bond donors (Lipinski definition) is 0. The van der Waals surface area contributed by atoms with Crippen molar-refractivity contribution in [2.75, 3.05) is 0 Å². The third-order valence-electron chi connectivity index (χ3n) is 3.25. The molecule has 5 heteroatoms. The molecule has 0 N–H and O–H groups in total. The Balaban J connectivity index is 1.93. The van der Waals surface area contributed by atoms with E-state index in [-0.39, 0.29) is 25.6 Å². The number of amides is 1. The molecule has 0 aromatic rings. The maximum absolute atomic E-state index is 11.3. The molecule has 2 bridgehead atoms. The molecule has 1 spiro atoms. The topological polar surface area (TPSA) is 41.9 Å². The van der Waals surface area contributed by atoms with Crippen LogP contribution >= 0.6 is 0 Å². The second kappa shape index (κ2) is 3.30. The van der Waals surface area contributed by atoms with Crippen molar-refractivity contribution in [2.45, 2.75) is 49.6 Å². The molecular weight excluding hydrogens is 259 g/mol. The number of nitrogens with zero attached hydrogens (tertiary/aromatic N) is 2. The van der Waals surface area contributed by atoms with Crippen molar-refractivity contribution in [3.63, 3.8) is 0 Å². The molecule has 2 atom stereocenters. The fraction of sp³-hybridized carbons (Fsp3) is 0.800. The van der Waals surface area contributed by atoms with E-state index in [0.717, 1.165) is 37.8 Å². The molecule has 3 rings (SSSR count). The first kappa shape index (κ1) is 9.82. The maximum atomic E-state index is 11.3. The molecule has 2 saturated heterocycles. The van der Waals surface area contributed by atoms with Gasteiger partial charge in [-0.1, -0.05) is 0 Å². The van der Waals surface area contributed by atoms with E-state index in [1.54, 1.807) is 10.9 Å². The molecule has 0 aromatic carbocycles. The van der Waals surface area contributed by atoms with Crippen LogP contribution in [0.25, 0.3) is 0 Å². The monoisotopic (exact) mass is 274 g/mol. The Morgan fingerprint density at radius 2 is 2.53 bits per heavy atom. The molecular formula is C10H14N2O2Se. The standard InChI is InChI=1S/C10H14N2O2Se/c1-7(13)12-11-9-4-2-3-8-5-6-10(9,14-8)15-12/h8H,2-6H2,1H3. The van der Waals surface area contributed by atoms with Crippen LogP contribution in [0, 0.1) is 0 Å². The summed E-state index contributed by atoms with van der Waals surface area (Å²) in [6, 6.07) is 0. The number of fused-ring (bicyclic) bond motifs is 1. The van der Waals surface area contributed by atoms with Gasteiger partial charge in [-0.2, -0.15) is 0 Å². The van der Waals surface area contributed by atoms with Crippen LogP contribution in [0.1, 0.15) is 39.0 Å². The normalized spacial score (nSPS) is 38.6. The average molecular weight is 273 g/mol. The van der Waals surface area contributed by atoms with Gasteiger partial charge in [-0.15, -0.1) is 0 Å². The Kier molecular flexibility index (Phi) is 2.16. The number of rotatable bonds is 0. The summed E-state index contributed by atoms with van der Waals surface area (Å²) in [6.07, 6.45) is 5.98. The van der Waals surface area contributed by atoms with E-state index < -0.39 is 0 Å². The zero-order valence-electron chi connectivity index (χ0n) is 8.73. The molecule has 0 aromatic heterocycles. The first-order valence-electron chi connectivity index (χ1n) is 5.45. The number of carbonyl (C=O) groups excluding carboxylic acids is 1. The predicted molar refractivity (Wildman–Crippen MR) is 56.4 cm³/mol. The molecule has 15 heavy (non-hydrogen) atoms. The fourth-order valence-electron chi connectivity index (χ4n) is 2.49. The van der Waals surface area contributed by atoms with Gasteiger partial charge in [-0.25, -0.2) is 0 Å². The van der Waals surface area contributed by atoms with Gasteiger partial charge in [0.15, 0.2) is 0 Å². The van der Waals surface area contributed by atoms with Crippen molar-refractivity contribution in [3.05, 3.63) is 0 Å². The van der Waals surface area contributed by atoms with Gasteiger partial charge >= 0.3 is 95.1 Å². The predicted octanol–water partition coefficient (Wildman–Crippen LogP) is 0.883. The summed E-state index contributed by atoms with van der Waals surface area (Å²) in [7, 11) is 0. The minimum atomic E-state index is -0.139. The van der Waals surface area contributed by atoms with Gasteiger partial charge in [0.1, 0.15) is 0 Å². The van der Waals surface area contributed by atoms with Gasteiger partial charge in [-0.05, 0) is 0 Å². The van der Waals surface area contributed by atoms with Gasteiger partial charge in [0, 0.05) is 0 Å². The number of hydrogen-bond acceptors (Lipinski definition) is 3. The Morgan fingerprint density at radius 1 is 1.67 bits per heavy atom. The van der Waals surface area contributed by atoms with Crippen molar-refractivity contribution in [1.82, 2.24) is 4.03 Å². The number of carbonyl (C=O) groups is 1. The van der Waals surface area contributed by atoms with E-state index in [1.165, 1.54) is 0 Å². The molecule has 1 amide bonds. The molecule has 2 unspecified atom stereocenters. The van der Waals surface area contributed by atoms with Gasteiger partial charge in [0.2, 0.25) is 0 Å². The van der Waals surface area contributed by atoms with Crippen LogP contribution in [-0.4, -0.2) is 41.4 Å². The van der Waals surface area contributed by atoms with Crippen LogP contribution in [0.3, 0.4) is 0 Å². The zero-order valence-corrected chi connectivity index (χ0v) is 10.4. The first-order chi connectivity index (χ1) is 7.20. The zero-order chi connectivity index (χ0) is 10.5. The van der Waals surface area contributed by atoms with Crippen LogP contribution in [0.5, 0.6) is 0 Å². The molecule has 0 aliphatic carbocycles. The summed E-state index contributed by atoms with van der Waals surface area (Å²) in [5.41, 5.74) is 1.14. The summed E-state index contributed by atoms with van der Waals surface area (Å²) in [4.78, 5) is 11.3. The van der Waals surface area contributed by atoms with Crippen molar-refractivity contribution in [2.24, 2.45) is 5.10 Å². The third-order valence-corrected chi connectivity index (χ3v) is 6.06. The van der Waals surface area contributed by atoms with Crippen LogP contribution < -0.4 is 0 Å². The summed E-state index contributed by atoms with van der Waals surface area (Å²) in [6.45, 7) is 1.58. The van der Waals surface area contributed by atoms with Crippen LogP contribution in [0.15, 0.2) is 5.10 Å². The molecule has 2 fully saturated rings. The summed E-state index contributed by atoms with van der Waals surface area (Å²) in [5.74, 6) is 0.0528. The van der Waals surface area contributed by atoms with Crippen molar-refractivity contribution in [3.8, 4) is 0 Å². The molecule has 3 heterocycles. The first-order valence-corrected chi connectivity index (χ1v) is 7.07. The molecule has 82 valence electrons. The van der Waals surface area contributed by atoms with E-state index in [1.807, 2.05) is 0 Å². The quantitative estimate of drug-likeness (QED) is 0.615. The Hall–Kier alpha value is -0.381. The third kappa shape index (κ3) is 1.45. The minimum absolute atomic E-state index is 0.0350. The van der Waals surface area contributed by atoms with E-state index >= 15 is 0 Å². The number of ether oxygens (including phenoxy) is 1. The Labute approximate surface area is 95.4 Å². The molecule has 3 aliphatic heterocycles. The van der Waals surface area contributed by atoms with Crippen molar-refractivity contribution >= 4 is 26.8 Å². The summed E-state index contributed by atoms with van der Waals surface area (Å²) in [5, 5.41) is 4.44. The van der Waals surface area contributed by atoms with E-state index in [2.05, 4.69) is 5.10 Å². The van der Waals surface area contributed by atoms with Crippen LogP contribution in [-0.2, 0) is 9.53 Å². The molecule has 4 nitrogen and oxygen atoms in total. The van der Waals surface area contributed by atoms with Crippen LogP contribution in [0.2, 0.25) is 0 Å². The molecule has 3 aliphatic rings. The summed E-state index contributed by atoms with van der Waals surface area (Å²) < 4.78 is 7.61. The van der Waals surface area contributed by atoms with Crippen molar-refractivity contribution in [1.29, 1.82) is 0 Å². The fourth-order valence-corrected chi connectivity index (χ4v) is 4.98. The summed E-state index contributed by atoms with van der Waals surface area (Å²) >= 11 is 0.0350. The van der Waals surface area contributed by atoms with E-state index in [4.69, 9.17) is 4.74 Å². The number of hydrazone groups is 1. The van der Waals surface area contributed by atoms with Gasteiger partial charge in [0.05, 0.1) is 0 Å². The molecule has 0 saturated carbocycles. The Bertz CT molecular complexity index is 344. The van der Waals surface area contributed by atoms with E-state index in [0.29, 0.717) is 6.10 Å². The Morgan fingerprint density at radius 3 is 3.33 bits per heavy atom.